The highest BCUT2D eigenvalue weighted by Crippen LogP contribution is 2.07. The third kappa shape index (κ3) is 3.46. The van der Waals surface area contributed by atoms with Crippen LogP contribution < -0.4 is 0 Å². The van der Waals surface area contributed by atoms with Crippen molar-refractivity contribution in [2.24, 2.45) is 0 Å². The van der Waals surface area contributed by atoms with Crippen LogP contribution in [0.5, 0.6) is 0 Å². The first-order chi connectivity index (χ1) is 3.98. The van der Waals surface area contributed by atoms with Crippen LogP contribution in [0.1, 0.15) is 13.8 Å². The van der Waals surface area contributed by atoms with Crippen molar-refractivity contribution in [3.8, 4) is 0 Å². The van der Waals surface area contributed by atoms with E-state index in [1.54, 1.807) is 0 Å². The molecule has 0 aliphatic rings. The maximum atomic E-state index is 9.09. The summed E-state index contributed by atoms with van der Waals surface area (Å²) in [6.45, 7) is 3.25. The summed E-state index contributed by atoms with van der Waals surface area (Å²) in [5, 5.41) is 18.1. The topological polar surface area (TPSA) is 49.7 Å². The summed E-state index contributed by atoms with van der Waals surface area (Å²) in [7, 11) is 1.48. The Kier molecular flexibility index (Phi) is 3.11. The average Bonchev–Trinajstić information content (AvgIpc) is 1.64. The Balaban J connectivity index is 3.59. The van der Waals surface area contributed by atoms with Crippen molar-refractivity contribution in [2.45, 2.75) is 25.6 Å². The highest BCUT2D eigenvalue weighted by Gasteiger charge is 2.23. The SMILES string of the molecule is COCC(O)C(C)(C)O. The number of rotatable bonds is 3. The minimum Gasteiger partial charge on any atom is -0.388 e. The molecule has 1 atom stereocenters. The van der Waals surface area contributed by atoms with Crippen LogP contribution >= 0.6 is 0 Å². The number of hydrogen-bond acceptors (Lipinski definition) is 3. The molecule has 0 rings (SSSR count). The normalized spacial score (nSPS) is 15.7. The number of hydrogen-bond donors (Lipinski definition) is 2. The standard InChI is InChI=1S/C6H14O3/c1-6(2,8)5(7)4-9-3/h5,7-8H,4H2,1-3H3. The lowest BCUT2D eigenvalue weighted by Gasteiger charge is -2.23. The van der Waals surface area contributed by atoms with Gasteiger partial charge < -0.3 is 14.9 Å². The van der Waals surface area contributed by atoms with Crippen LogP contribution in [0.15, 0.2) is 0 Å². The van der Waals surface area contributed by atoms with Crippen molar-refractivity contribution < 1.29 is 14.9 Å². The highest BCUT2D eigenvalue weighted by atomic mass is 16.5. The van der Waals surface area contributed by atoms with E-state index in [-0.39, 0.29) is 6.61 Å². The van der Waals surface area contributed by atoms with Crippen molar-refractivity contribution in [2.75, 3.05) is 13.7 Å². The second-order valence-electron chi connectivity index (χ2n) is 2.62. The van der Waals surface area contributed by atoms with E-state index in [0.29, 0.717) is 0 Å². The van der Waals surface area contributed by atoms with Crippen LogP contribution in [0.3, 0.4) is 0 Å². The van der Waals surface area contributed by atoms with E-state index in [4.69, 9.17) is 10.2 Å². The van der Waals surface area contributed by atoms with Gasteiger partial charge in [-0.3, -0.25) is 0 Å². The lowest BCUT2D eigenvalue weighted by molar-refractivity contribution is -0.0783. The maximum absolute atomic E-state index is 9.09. The van der Waals surface area contributed by atoms with Gasteiger partial charge in [-0.2, -0.15) is 0 Å². The summed E-state index contributed by atoms with van der Waals surface area (Å²) in [4.78, 5) is 0. The molecule has 0 radical (unpaired) electrons. The van der Waals surface area contributed by atoms with Crippen molar-refractivity contribution in [3.05, 3.63) is 0 Å². The van der Waals surface area contributed by atoms with Gasteiger partial charge in [0.2, 0.25) is 0 Å². The van der Waals surface area contributed by atoms with E-state index in [9.17, 15) is 0 Å². The van der Waals surface area contributed by atoms with Crippen LogP contribution in [-0.2, 0) is 4.74 Å². The van der Waals surface area contributed by atoms with Crippen LogP contribution in [0, 0.1) is 0 Å². The Morgan fingerprint density at radius 1 is 1.56 bits per heavy atom. The zero-order valence-corrected chi connectivity index (χ0v) is 6.09. The summed E-state index contributed by atoms with van der Waals surface area (Å²) in [5.74, 6) is 0. The quantitative estimate of drug-likeness (QED) is 0.560. The second-order valence-corrected chi connectivity index (χ2v) is 2.62. The van der Waals surface area contributed by atoms with Gasteiger partial charge in [-0.15, -0.1) is 0 Å². The first-order valence-corrected chi connectivity index (χ1v) is 2.88. The van der Waals surface area contributed by atoms with Crippen LogP contribution in [0.4, 0.5) is 0 Å². The van der Waals surface area contributed by atoms with Gasteiger partial charge in [0.05, 0.1) is 12.2 Å². The summed E-state index contributed by atoms with van der Waals surface area (Å²) >= 11 is 0. The van der Waals surface area contributed by atoms with Crippen LogP contribution in [0.25, 0.3) is 0 Å². The third-order valence-corrected chi connectivity index (χ3v) is 1.14. The van der Waals surface area contributed by atoms with Crippen molar-refractivity contribution in [1.29, 1.82) is 0 Å². The fourth-order valence-electron chi connectivity index (χ4n) is 0.362. The van der Waals surface area contributed by atoms with Gasteiger partial charge in [-0.05, 0) is 13.8 Å². The number of aliphatic hydroxyl groups is 2. The van der Waals surface area contributed by atoms with E-state index >= 15 is 0 Å². The van der Waals surface area contributed by atoms with Gasteiger partial charge in [-0.25, -0.2) is 0 Å². The molecule has 0 fully saturated rings. The smallest absolute Gasteiger partial charge is 0.105 e. The minimum atomic E-state index is -1.06. The van der Waals surface area contributed by atoms with E-state index in [2.05, 4.69) is 4.74 Å². The summed E-state index contributed by atoms with van der Waals surface area (Å²) in [6, 6.07) is 0. The van der Waals surface area contributed by atoms with Crippen LogP contribution in [0.2, 0.25) is 0 Å². The Hall–Kier alpha value is -0.120. The molecule has 0 aromatic rings. The molecule has 3 heteroatoms. The highest BCUT2D eigenvalue weighted by molar-refractivity contribution is 4.75. The van der Waals surface area contributed by atoms with E-state index in [0.717, 1.165) is 0 Å². The molecule has 0 amide bonds. The van der Waals surface area contributed by atoms with Crippen molar-refractivity contribution in [3.63, 3.8) is 0 Å². The maximum Gasteiger partial charge on any atom is 0.105 e. The molecule has 9 heavy (non-hydrogen) atoms. The lowest BCUT2D eigenvalue weighted by Crippen LogP contribution is -2.38. The fourth-order valence-corrected chi connectivity index (χ4v) is 0.362. The Bertz CT molecular complexity index is 74.9. The Morgan fingerprint density at radius 2 is 2.00 bits per heavy atom. The van der Waals surface area contributed by atoms with Crippen molar-refractivity contribution >= 4 is 0 Å². The molecule has 2 N–H and O–H groups in total. The summed E-state index contributed by atoms with van der Waals surface area (Å²) in [5.41, 5.74) is -1.06. The van der Waals surface area contributed by atoms with Gasteiger partial charge in [0.25, 0.3) is 0 Å². The van der Waals surface area contributed by atoms with Gasteiger partial charge in [0.15, 0.2) is 0 Å². The van der Waals surface area contributed by atoms with Gasteiger partial charge >= 0.3 is 0 Å². The number of ether oxygens (including phenoxy) is 1. The molecule has 0 aliphatic carbocycles. The average molecular weight is 134 g/mol. The summed E-state index contributed by atoms with van der Waals surface area (Å²) < 4.78 is 4.62. The molecule has 0 saturated heterocycles. The van der Waals surface area contributed by atoms with E-state index in [1.165, 1.54) is 21.0 Å². The fraction of sp³-hybridized carbons (Fsp3) is 1.00. The molecular formula is C6H14O3. The van der Waals surface area contributed by atoms with E-state index < -0.39 is 11.7 Å². The van der Waals surface area contributed by atoms with E-state index in [1.807, 2.05) is 0 Å². The zero-order valence-electron chi connectivity index (χ0n) is 6.09. The monoisotopic (exact) mass is 134 g/mol. The molecule has 0 spiro atoms. The molecule has 0 aromatic heterocycles. The summed E-state index contributed by atoms with van der Waals surface area (Å²) in [6.07, 6.45) is -0.803. The molecule has 0 saturated carbocycles. The molecule has 0 bridgehead atoms. The van der Waals surface area contributed by atoms with Crippen molar-refractivity contribution in [1.82, 2.24) is 0 Å². The molecule has 3 nitrogen and oxygen atoms in total. The van der Waals surface area contributed by atoms with Crippen LogP contribution in [-0.4, -0.2) is 35.6 Å². The number of methoxy groups -OCH3 is 1. The number of aliphatic hydroxyl groups excluding tert-OH is 1. The first kappa shape index (κ1) is 8.88. The first-order valence-electron chi connectivity index (χ1n) is 2.88. The molecule has 1 unspecified atom stereocenters. The zero-order chi connectivity index (χ0) is 7.49. The minimum absolute atomic E-state index is 0.170. The van der Waals surface area contributed by atoms with Gasteiger partial charge in [0, 0.05) is 7.11 Å². The third-order valence-electron chi connectivity index (χ3n) is 1.14. The Morgan fingerprint density at radius 3 is 2.11 bits per heavy atom. The lowest BCUT2D eigenvalue weighted by atomic mass is 10.0. The largest absolute Gasteiger partial charge is 0.388 e. The molecule has 56 valence electrons. The molecule has 0 aliphatic heterocycles. The molecule has 0 heterocycles. The predicted octanol–water partition coefficient (Wildman–Crippen LogP) is -0.235. The van der Waals surface area contributed by atoms with Gasteiger partial charge in [-0.1, -0.05) is 0 Å². The Labute approximate surface area is 55.3 Å². The predicted molar refractivity (Wildman–Crippen MR) is 34.2 cm³/mol. The van der Waals surface area contributed by atoms with Gasteiger partial charge in [0.1, 0.15) is 6.10 Å². The molecule has 0 aromatic carbocycles. The molecular weight excluding hydrogens is 120 g/mol. The second kappa shape index (κ2) is 3.15.